The predicted octanol–water partition coefficient (Wildman–Crippen LogP) is 1.69. The molecule has 8 heteroatoms. The van der Waals surface area contributed by atoms with Crippen molar-refractivity contribution in [2.75, 3.05) is 13.1 Å². The van der Waals surface area contributed by atoms with Crippen LogP contribution in [0.25, 0.3) is 0 Å². The van der Waals surface area contributed by atoms with Crippen LogP contribution in [0.2, 0.25) is 0 Å². The average molecular weight is 361 g/mol. The molecule has 2 N–H and O–H groups in total. The van der Waals surface area contributed by atoms with E-state index in [1.54, 1.807) is 23.9 Å². The topological polar surface area (TPSA) is 62.2 Å². The van der Waals surface area contributed by atoms with Gasteiger partial charge in [-0.15, -0.1) is 0 Å². The summed E-state index contributed by atoms with van der Waals surface area (Å²) in [7, 11) is 1.76. The molecule has 0 radical (unpaired) electrons. The van der Waals surface area contributed by atoms with Gasteiger partial charge >= 0.3 is 0 Å². The van der Waals surface area contributed by atoms with E-state index in [4.69, 9.17) is 0 Å². The van der Waals surface area contributed by atoms with Gasteiger partial charge in [-0.1, -0.05) is 6.07 Å². The first kappa shape index (κ1) is 17.1. The van der Waals surface area contributed by atoms with Gasteiger partial charge < -0.3 is 4.90 Å². The summed E-state index contributed by atoms with van der Waals surface area (Å²) in [4.78, 5) is 14.7. The lowest BCUT2D eigenvalue weighted by atomic mass is 9.85. The van der Waals surface area contributed by atoms with Gasteiger partial charge in [0.05, 0.1) is 11.7 Å². The highest BCUT2D eigenvalue weighted by Gasteiger charge is 2.42. The molecule has 2 fully saturated rings. The number of nitrogens with one attached hydrogen (secondary N) is 2. The van der Waals surface area contributed by atoms with Crippen LogP contribution in [0.1, 0.15) is 34.2 Å². The largest absolute Gasteiger partial charge is 0.337 e. The van der Waals surface area contributed by atoms with Crippen LogP contribution >= 0.6 is 0 Å². The second-order valence-corrected chi connectivity index (χ2v) is 7.04. The van der Waals surface area contributed by atoms with Crippen molar-refractivity contribution in [3.05, 3.63) is 52.9 Å². The first-order valence-corrected chi connectivity index (χ1v) is 8.70. The van der Waals surface area contributed by atoms with E-state index < -0.39 is 11.6 Å². The van der Waals surface area contributed by atoms with Crippen LogP contribution in [-0.4, -0.2) is 39.7 Å². The fourth-order valence-electron chi connectivity index (χ4n) is 4.00. The molecule has 2 aliphatic rings. The van der Waals surface area contributed by atoms with Crippen molar-refractivity contribution >= 4 is 5.91 Å². The van der Waals surface area contributed by atoms with E-state index in [-0.39, 0.29) is 23.9 Å². The quantitative estimate of drug-likeness (QED) is 0.855. The van der Waals surface area contributed by atoms with Crippen LogP contribution < -0.4 is 10.9 Å². The molecule has 2 aromatic rings. The van der Waals surface area contributed by atoms with E-state index in [0.717, 1.165) is 18.2 Å². The van der Waals surface area contributed by atoms with Gasteiger partial charge in [0.2, 0.25) is 0 Å². The third-order valence-electron chi connectivity index (χ3n) is 5.32. The normalized spacial score (nSPS) is 25.4. The van der Waals surface area contributed by atoms with Crippen LogP contribution in [0.3, 0.4) is 0 Å². The van der Waals surface area contributed by atoms with Gasteiger partial charge in [0.15, 0.2) is 11.6 Å². The molecule has 3 unspecified atom stereocenters. The van der Waals surface area contributed by atoms with Crippen molar-refractivity contribution < 1.29 is 13.6 Å². The maximum absolute atomic E-state index is 13.6. The molecule has 0 saturated carbocycles. The number of likely N-dealkylation sites (tertiary alicyclic amines) is 1. The number of piperidine rings is 1. The number of benzene rings is 1. The van der Waals surface area contributed by atoms with E-state index in [0.29, 0.717) is 24.3 Å². The van der Waals surface area contributed by atoms with Crippen molar-refractivity contribution in [2.24, 2.45) is 13.0 Å². The van der Waals surface area contributed by atoms with Crippen molar-refractivity contribution in [2.45, 2.75) is 25.4 Å². The summed E-state index contributed by atoms with van der Waals surface area (Å²) in [6.07, 6.45) is 0.792. The Labute approximate surface area is 150 Å². The smallest absolute Gasteiger partial charge is 0.272 e. The van der Waals surface area contributed by atoms with Crippen molar-refractivity contribution in [1.29, 1.82) is 0 Å². The summed E-state index contributed by atoms with van der Waals surface area (Å²) in [5.74, 6) is -1.69. The van der Waals surface area contributed by atoms with Gasteiger partial charge in [-0.3, -0.25) is 14.9 Å². The molecule has 2 aliphatic heterocycles. The predicted molar refractivity (Wildman–Crippen MR) is 91.1 cm³/mol. The highest BCUT2D eigenvalue weighted by Crippen LogP contribution is 2.34. The van der Waals surface area contributed by atoms with Crippen LogP contribution in [-0.2, 0) is 7.05 Å². The summed E-state index contributed by atoms with van der Waals surface area (Å²) in [5.41, 5.74) is 8.45. The molecular formula is C18H21F2N5O. The second-order valence-electron chi connectivity index (χ2n) is 7.04. The first-order chi connectivity index (χ1) is 12.4. The second kappa shape index (κ2) is 6.44. The molecule has 4 rings (SSSR count). The zero-order valence-electron chi connectivity index (χ0n) is 14.7. The minimum Gasteiger partial charge on any atom is -0.337 e. The number of fused-ring (bicyclic) bond motifs is 1. The lowest BCUT2D eigenvalue weighted by molar-refractivity contribution is 0.0641. The van der Waals surface area contributed by atoms with Crippen LogP contribution in [0.4, 0.5) is 8.78 Å². The Morgan fingerprint density at radius 1 is 1.23 bits per heavy atom. The van der Waals surface area contributed by atoms with Gasteiger partial charge in [0.25, 0.3) is 5.91 Å². The lowest BCUT2D eigenvalue weighted by Gasteiger charge is -2.36. The Kier molecular flexibility index (Phi) is 4.24. The third-order valence-corrected chi connectivity index (χ3v) is 5.32. The highest BCUT2D eigenvalue weighted by atomic mass is 19.2. The van der Waals surface area contributed by atoms with Crippen molar-refractivity contribution in [1.82, 2.24) is 25.5 Å². The highest BCUT2D eigenvalue weighted by molar-refractivity contribution is 5.92. The maximum atomic E-state index is 13.6. The van der Waals surface area contributed by atoms with E-state index in [9.17, 15) is 13.6 Å². The number of nitrogens with zero attached hydrogens (tertiary/aromatic N) is 3. The first-order valence-electron chi connectivity index (χ1n) is 8.70. The van der Waals surface area contributed by atoms with E-state index in [2.05, 4.69) is 16.0 Å². The Balaban J connectivity index is 1.55. The minimum atomic E-state index is -0.859. The summed E-state index contributed by atoms with van der Waals surface area (Å²) in [6.45, 7) is 3.04. The maximum Gasteiger partial charge on any atom is 0.272 e. The zero-order chi connectivity index (χ0) is 18.4. The van der Waals surface area contributed by atoms with Gasteiger partial charge in [-0.05, 0) is 37.1 Å². The monoisotopic (exact) mass is 361 g/mol. The molecule has 3 atom stereocenters. The average Bonchev–Trinajstić information content (AvgIpc) is 3.19. The number of halogens is 2. The fourth-order valence-corrected chi connectivity index (χ4v) is 4.00. The Morgan fingerprint density at radius 3 is 2.73 bits per heavy atom. The number of carbonyl (C=O) groups excluding carboxylic acids is 1. The SMILES string of the molecule is Cc1cc(C(=O)N2CCC3NNC(c4ccc(F)c(F)c4)C3C2)n(C)n1. The molecule has 1 amide bonds. The van der Waals surface area contributed by atoms with Crippen LogP contribution in [0.15, 0.2) is 24.3 Å². The van der Waals surface area contributed by atoms with Gasteiger partial charge in [0.1, 0.15) is 5.69 Å². The Morgan fingerprint density at radius 2 is 2.04 bits per heavy atom. The standard InChI is InChI=1S/C18H21F2N5O/c1-10-7-16(24(2)23-10)18(26)25-6-5-15-12(9-25)17(22-21-15)11-3-4-13(19)14(20)8-11/h3-4,7-8,12,15,17,21-22H,5-6,9H2,1-2H3. The summed E-state index contributed by atoms with van der Waals surface area (Å²) < 4.78 is 28.5. The fraction of sp³-hybridized carbons (Fsp3) is 0.444. The number of hydrogen-bond acceptors (Lipinski definition) is 4. The number of hydrogen-bond donors (Lipinski definition) is 2. The van der Waals surface area contributed by atoms with Gasteiger partial charge in [0, 0.05) is 32.1 Å². The molecule has 26 heavy (non-hydrogen) atoms. The van der Waals surface area contributed by atoms with Crippen molar-refractivity contribution in [3.63, 3.8) is 0 Å². The van der Waals surface area contributed by atoms with Gasteiger partial charge in [-0.2, -0.15) is 5.10 Å². The zero-order valence-corrected chi connectivity index (χ0v) is 14.7. The third kappa shape index (κ3) is 2.89. The molecule has 0 spiro atoms. The minimum absolute atomic E-state index is 0.0533. The summed E-state index contributed by atoms with van der Waals surface area (Å²) in [6, 6.07) is 5.74. The molecule has 6 nitrogen and oxygen atoms in total. The summed E-state index contributed by atoms with van der Waals surface area (Å²) in [5, 5.41) is 4.24. The molecule has 3 heterocycles. The van der Waals surface area contributed by atoms with Crippen LogP contribution in [0.5, 0.6) is 0 Å². The van der Waals surface area contributed by atoms with Crippen molar-refractivity contribution in [3.8, 4) is 0 Å². The van der Waals surface area contributed by atoms with E-state index in [1.807, 2.05) is 11.8 Å². The number of carbonyl (C=O) groups is 1. The molecule has 1 aromatic carbocycles. The number of hydrazine groups is 1. The molecule has 1 aromatic heterocycles. The number of aryl methyl sites for hydroxylation is 2. The molecule has 2 saturated heterocycles. The van der Waals surface area contributed by atoms with Gasteiger partial charge in [-0.25, -0.2) is 14.2 Å². The number of amides is 1. The summed E-state index contributed by atoms with van der Waals surface area (Å²) >= 11 is 0. The Hall–Kier alpha value is -2.32. The molecule has 0 bridgehead atoms. The Bertz CT molecular complexity index is 852. The van der Waals surface area contributed by atoms with E-state index in [1.165, 1.54) is 6.07 Å². The number of rotatable bonds is 2. The molecular weight excluding hydrogens is 340 g/mol. The molecule has 138 valence electrons. The van der Waals surface area contributed by atoms with Crippen LogP contribution in [0, 0.1) is 24.5 Å². The lowest BCUT2D eigenvalue weighted by Crippen LogP contribution is -2.48. The number of aromatic nitrogens is 2. The van der Waals surface area contributed by atoms with E-state index >= 15 is 0 Å². The molecule has 0 aliphatic carbocycles.